The molecule has 0 aliphatic carbocycles. The van der Waals surface area contributed by atoms with E-state index in [4.69, 9.17) is 0 Å². The van der Waals surface area contributed by atoms with Crippen LogP contribution in [0.4, 0.5) is 5.69 Å². The molecule has 1 unspecified atom stereocenters. The average molecular weight is 532 g/mol. The molecule has 0 saturated carbocycles. The molecule has 2 aromatic rings. The van der Waals surface area contributed by atoms with Crippen LogP contribution in [0, 0.1) is 0 Å². The fourth-order valence-corrected chi connectivity index (χ4v) is 3.23. The lowest BCUT2D eigenvalue weighted by Crippen LogP contribution is -2.38. The maximum absolute atomic E-state index is 11.5. The molecule has 29 heavy (non-hydrogen) atoms. The van der Waals surface area contributed by atoms with Crippen molar-refractivity contribution in [3.63, 3.8) is 0 Å². The van der Waals surface area contributed by atoms with E-state index in [1.165, 1.54) is 0 Å². The van der Waals surface area contributed by atoms with Crippen LogP contribution in [0.15, 0.2) is 59.6 Å². The van der Waals surface area contributed by atoms with Gasteiger partial charge in [-0.2, -0.15) is 0 Å². The highest BCUT2D eigenvalue weighted by molar-refractivity contribution is 14.0. The van der Waals surface area contributed by atoms with Gasteiger partial charge in [-0.3, -0.25) is 4.72 Å². The van der Waals surface area contributed by atoms with Crippen LogP contribution in [-0.2, 0) is 16.6 Å². The fraction of sp³-hybridized carbons (Fsp3) is 0.350. The maximum Gasteiger partial charge on any atom is 0.229 e. The maximum atomic E-state index is 11.5. The average Bonchev–Trinajstić information content (AvgIpc) is 2.66. The molecule has 9 heteroatoms. The number of anilines is 1. The number of aliphatic hydroxyl groups excluding tert-OH is 1. The van der Waals surface area contributed by atoms with Gasteiger partial charge in [0.15, 0.2) is 5.96 Å². The zero-order chi connectivity index (χ0) is 20.4. The van der Waals surface area contributed by atoms with Gasteiger partial charge in [0.1, 0.15) is 0 Å². The van der Waals surface area contributed by atoms with E-state index in [9.17, 15) is 13.5 Å². The Morgan fingerprint density at radius 1 is 1.07 bits per heavy atom. The van der Waals surface area contributed by atoms with E-state index < -0.39 is 16.1 Å². The van der Waals surface area contributed by atoms with Crippen molar-refractivity contribution in [3.8, 4) is 0 Å². The molecule has 0 fully saturated rings. The predicted molar refractivity (Wildman–Crippen MR) is 129 cm³/mol. The molecule has 0 aromatic heterocycles. The minimum atomic E-state index is -3.36. The third-order valence-electron chi connectivity index (χ3n) is 3.96. The zero-order valence-corrected chi connectivity index (χ0v) is 19.8. The summed E-state index contributed by atoms with van der Waals surface area (Å²) in [5.41, 5.74) is 2.17. The van der Waals surface area contributed by atoms with Crippen molar-refractivity contribution in [2.45, 2.75) is 26.0 Å². The number of guanidine groups is 1. The number of nitrogens with zero attached hydrogens (tertiary/aromatic N) is 1. The van der Waals surface area contributed by atoms with Gasteiger partial charge in [-0.05, 0) is 30.5 Å². The van der Waals surface area contributed by atoms with Crippen molar-refractivity contribution >= 4 is 45.6 Å². The summed E-state index contributed by atoms with van der Waals surface area (Å²) >= 11 is 0. The second kappa shape index (κ2) is 12.7. The Kier molecular flexibility index (Phi) is 11.0. The third-order valence-corrected chi connectivity index (χ3v) is 4.55. The first-order valence-corrected chi connectivity index (χ1v) is 11.1. The molecule has 0 heterocycles. The Bertz CT molecular complexity index is 876. The summed E-state index contributed by atoms with van der Waals surface area (Å²) in [6.07, 6.45) is 1.12. The monoisotopic (exact) mass is 532 g/mol. The molecule has 0 spiro atoms. The predicted octanol–water partition coefficient (Wildman–Crippen LogP) is 2.85. The van der Waals surface area contributed by atoms with Gasteiger partial charge in [0.05, 0.1) is 24.6 Å². The molecular weight excluding hydrogens is 503 g/mol. The molecule has 0 bridgehead atoms. The molecular formula is C20H29IN4O3S. The third kappa shape index (κ3) is 9.46. The first-order chi connectivity index (χ1) is 13.4. The summed E-state index contributed by atoms with van der Waals surface area (Å²) in [7, 11) is -3.36. The minimum absolute atomic E-state index is 0. The van der Waals surface area contributed by atoms with Crippen LogP contribution in [0.1, 0.15) is 30.6 Å². The zero-order valence-electron chi connectivity index (χ0n) is 16.6. The van der Waals surface area contributed by atoms with Crippen LogP contribution in [0.2, 0.25) is 0 Å². The molecule has 2 rings (SSSR count). The lowest BCUT2D eigenvalue weighted by Gasteiger charge is -2.15. The second-order valence-corrected chi connectivity index (χ2v) is 8.12. The SMILES string of the molecule is CCNC(=NCc1ccccc1NS(C)(=O)=O)NCCC(O)c1ccccc1.I. The highest BCUT2D eigenvalue weighted by Gasteiger charge is 2.09. The first-order valence-electron chi connectivity index (χ1n) is 9.20. The van der Waals surface area contributed by atoms with E-state index in [1.54, 1.807) is 12.1 Å². The Labute approximate surface area is 190 Å². The van der Waals surface area contributed by atoms with E-state index >= 15 is 0 Å². The summed E-state index contributed by atoms with van der Waals surface area (Å²) in [6, 6.07) is 16.7. The van der Waals surface area contributed by atoms with Crippen LogP contribution in [0.5, 0.6) is 0 Å². The summed E-state index contributed by atoms with van der Waals surface area (Å²) < 4.78 is 25.6. The normalized spacial score (nSPS) is 12.6. The summed E-state index contributed by atoms with van der Waals surface area (Å²) in [6.45, 7) is 3.52. The molecule has 0 aliphatic heterocycles. The lowest BCUT2D eigenvalue weighted by molar-refractivity contribution is 0.168. The number of halogens is 1. The number of hydrogen-bond acceptors (Lipinski definition) is 4. The summed E-state index contributed by atoms with van der Waals surface area (Å²) in [5, 5.41) is 16.6. The highest BCUT2D eigenvalue weighted by atomic mass is 127. The van der Waals surface area contributed by atoms with Gasteiger partial charge in [0, 0.05) is 13.1 Å². The van der Waals surface area contributed by atoms with Crippen LogP contribution in [0.3, 0.4) is 0 Å². The largest absolute Gasteiger partial charge is 0.388 e. The Hall–Kier alpha value is -1.85. The van der Waals surface area contributed by atoms with E-state index in [2.05, 4.69) is 20.3 Å². The minimum Gasteiger partial charge on any atom is -0.388 e. The van der Waals surface area contributed by atoms with Gasteiger partial charge >= 0.3 is 0 Å². The Morgan fingerprint density at radius 2 is 1.72 bits per heavy atom. The molecule has 2 aromatic carbocycles. The van der Waals surface area contributed by atoms with Gasteiger partial charge in [0.2, 0.25) is 10.0 Å². The van der Waals surface area contributed by atoms with Crippen molar-refractivity contribution in [1.29, 1.82) is 0 Å². The number of rotatable bonds is 9. The number of hydrogen-bond donors (Lipinski definition) is 4. The van der Waals surface area contributed by atoms with Crippen molar-refractivity contribution in [1.82, 2.24) is 10.6 Å². The number of aliphatic hydroxyl groups is 1. The number of aliphatic imine (C=N–C) groups is 1. The highest BCUT2D eigenvalue weighted by Crippen LogP contribution is 2.17. The van der Waals surface area contributed by atoms with E-state index in [0.717, 1.165) is 17.4 Å². The number of sulfonamides is 1. The topological polar surface area (TPSA) is 103 Å². The summed E-state index contributed by atoms with van der Waals surface area (Å²) in [4.78, 5) is 4.52. The van der Waals surface area contributed by atoms with Gasteiger partial charge in [-0.25, -0.2) is 13.4 Å². The first kappa shape index (κ1) is 25.2. The molecule has 0 amide bonds. The number of nitrogens with one attached hydrogen (secondary N) is 3. The van der Waals surface area contributed by atoms with Crippen molar-refractivity contribution in [2.75, 3.05) is 24.1 Å². The molecule has 1 atom stereocenters. The van der Waals surface area contributed by atoms with Crippen LogP contribution < -0.4 is 15.4 Å². The summed E-state index contributed by atoms with van der Waals surface area (Å²) in [5.74, 6) is 0.608. The van der Waals surface area contributed by atoms with E-state index in [-0.39, 0.29) is 24.0 Å². The van der Waals surface area contributed by atoms with Crippen molar-refractivity contribution < 1.29 is 13.5 Å². The standard InChI is InChI=1S/C20H28N4O3S.HI/c1-3-21-20(22-14-13-19(25)16-9-5-4-6-10-16)23-15-17-11-7-8-12-18(17)24-28(2,26)27;/h4-12,19,24-25H,3,13-15H2,1-2H3,(H2,21,22,23);1H. The van der Waals surface area contributed by atoms with E-state index in [1.807, 2.05) is 49.4 Å². The quantitative estimate of drug-likeness (QED) is 0.226. The van der Waals surface area contributed by atoms with Gasteiger partial charge in [0.25, 0.3) is 0 Å². The second-order valence-electron chi connectivity index (χ2n) is 6.37. The van der Waals surface area contributed by atoms with Gasteiger partial charge in [-0.1, -0.05) is 48.5 Å². The Morgan fingerprint density at radius 3 is 2.38 bits per heavy atom. The molecule has 7 nitrogen and oxygen atoms in total. The molecule has 160 valence electrons. The van der Waals surface area contributed by atoms with Crippen LogP contribution in [-0.4, -0.2) is 38.8 Å². The van der Waals surface area contributed by atoms with Crippen LogP contribution >= 0.6 is 24.0 Å². The fourth-order valence-electron chi connectivity index (χ4n) is 2.63. The number of para-hydroxylation sites is 1. The Balaban J connectivity index is 0.00000420. The number of benzene rings is 2. The molecule has 4 N–H and O–H groups in total. The van der Waals surface area contributed by atoms with Crippen molar-refractivity contribution in [2.24, 2.45) is 4.99 Å². The van der Waals surface area contributed by atoms with Crippen molar-refractivity contribution in [3.05, 3.63) is 65.7 Å². The van der Waals surface area contributed by atoms with E-state index in [0.29, 0.717) is 37.7 Å². The molecule has 0 aliphatic rings. The lowest BCUT2D eigenvalue weighted by atomic mass is 10.1. The molecule has 0 radical (unpaired) electrons. The van der Waals surface area contributed by atoms with Crippen LogP contribution in [0.25, 0.3) is 0 Å². The molecule has 0 saturated heterocycles. The smallest absolute Gasteiger partial charge is 0.229 e. The van der Waals surface area contributed by atoms with Gasteiger partial charge < -0.3 is 15.7 Å². The van der Waals surface area contributed by atoms with Gasteiger partial charge in [-0.15, -0.1) is 24.0 Å².